The third kappa shape index (κ3) is 4.17. The third-order valence-electron chi connectivity index (χ3n) is 7.23. The van der Waals surface area contributed by atoms with Gasteiger partial charge in [0.2, 0.25) is 5.91 Å². The minimum Gasteiger partial charge on any atom is -0.198 e. The number of alkyl halides is 1. The van der Waals surface area contributed by atoms with Crippen molar-refractivity contribution in [3.63, 3.8) is 0 Å². The number of rotatable bonds is 3. The fourth-order valence-electron chi connectivity index (χ4n) is 5.86. The topological polar surface area (TPSA) is 0 Å². The Kier molecular flexibility index (Phi) is 6.35. The Morgan fingerprint density at radius 3 is 1.23 bits per heavy atom. The summed E-state index contributed by atoms with van der Waals surface area (Å²) in [4.78, 5) is 0. The normalized spacial score (nSPS) is 22.9. The highest BCUT2D eigenvalue weighted by Gasteiger charge is 2.86. The minimum absolute atomic E-state index is 0.00785. The van der Waals surface area contributed by atoms with Crippen molar-refractivity contribution in [2.24, 2.45) is 0 Å². The van der Waals surface area contributed by atoms with Gasteiger partial charge in [-0.25, -0.2) is 0 Å². The summed E-state index contributed by atoms with van der Waals surface area (Å²) in [7, 11) is -4.68. The van der Waals surface area contributed by atoms with Gasteiger partial charge in [-0.05, 0) is 21.8 Å². The van der Waals surface area contributed by atoms with Crippen LogP contribution < -0.4 is 5.30 Å². The van der Waals surface area contributed by atoms with Gasteiger partial charge >= 0.3 is 0 Å². The molecule has 0 N–H and O–H groups in total. The molecule has 1 aliphatic heterocycles. The first kappa shape index (κ1) is 26.3. The van der Waals surface area contributed by atoms with Crippen molar-refractivity contribution in [1.29, 1.82) is 0 Å². The Bertz CT molecular complexity index is 759. The van der Waals surface area contributed by atoms with Crippen LogP contribution in [0.4, 0.5) is 4.39 Å². The van der Waals surface area contributed by atoms with Crippen LogP contribution in [0.3, 0.4) is 0 Å². The first-order chi connectivity index (χ1) is 13.0. The van der Waals surface area contributed by atoms with Crippen molar-refractivity contribution in [3.05, 3.63) is 28.8 Å². The van der Waals surface area contributed by atoms with Crippen LogP contribution in [-0.4, -0.2) is 26.5 Å². The summed E-state index contributed by atoms with van der Waals surface area (Å²) in [5.74, 6) is -0.594. The van der Waals surface area contributed by atoms with Crippen LogP contribution in [0.15, 0.2) is 12.1 Å². The summed E-state index contributed by atoms with van der Waals surface area (Å²) in [6.07, 6.45) is 0. The Morgan fingerprint density at radius 2 is 1.03 bits per heavy atom. The Morgan fingerprint density at radius 1 is 0.700 bits per heavy atom. The molecule has 0 aliphatic carbocycles. The van der Waals surface area contributed by atoms with Crippen molar-refractivity contribution in [2.45, 2.75) is 128 Å². The highest BCUT2D eigenvalue weighted by Crippen LogP contribution is 2.81. The van der Waals surface area contributed by atoms with Crippen LogP contribution in [0.25, 0.3) is 0 Å². The number of hydrogen-bond donors (Lipinski definition) is 0. The van der Waals surface area contributed by atoms with Crippen LogP contribution in [0, 0.1) is 0 Å². The molecule has 2 atom stereocenters. The van der Waals surface area contributed by atoms with E-state index in [4.69, 9.17) is 0 Å². The minimum atomic E-state index is -1.70. The van der Waals surface area contributed by atoms with Crippen LogP contribution >= 0.6 is 7.92 Å². The summed E-state index contributed by atoms with van der Waals surface area (Å²) >= 11 is 0. The molecule has 0 radical (unpaired) electrons. The summed E-state index contributed by atoms with van der Waals surface area (Å²) in [5.41, 5.74) is 4.36. The molecule has 1 heterocycles. The molecular weight excluding hydrogens is 418 g/mol. The number of benzene rings is 1. The molecule has 0 amide bonds. The van der Waals surface area contributed by atoms with Crippen LogP contribution in [0.2, 0.25) is 39.3 Å². The Labute approximate surface area is 190 Å². The molecule has 1 fully saturated rings. The molecule has 30 heavy (non-hydrogen) atoms. The summed E-state index contributed by atoms with van der Waals surface area (Å²) in [5, 5.41) is 1.46. The van der Waals surface area contributed by atoms with E-state index in [1.165, 1.54) is 22.0 Å². The largest absolute Gasteiger partial charge is 0.239 e. The first-order valence-electron chi connectivity index (χ1n) is 11.7. The molecule has 0 spiro atoms. The van der Waals surface area contributed by atoms with E-state index in [0.29, 0.717) is 0 Å². The van der Waals surface area contributed by atoms with Crippen LogP contribution in [0.5, 0.6) is 0 Å². The molecule has 2 unspecified atom stereocenters. The standard InChI is InChI=1S/C26H48FPSi2/c1-23(2,3)18-16-19(24(4,5)6)21(20(17-18)25(7,8)9)28-22(27)26(28,29(10,11)12)30(13,14)15/h16-17,22H,1-15H3/p+1. The van der Waals surface area contributed by atoms with Gasteiger partial charge in [0.1, 0.15) is 25.9 Å². The molecule has 1 aromatic rings. The predicted octanol–water partition coefficient (Wildman–Crippen LogP) is 8.22. The summed E-state index contributed by atoms with van der Waals surface area (Å²) in [6.45, 7) is 35.5. The van der Waals surface area contributed by atoms with Gasteiger partial charge in [-0.2, -0.15) is 4.39 Å². The van der Waals surface area contributed by atoms with E-state index in [1.807, 2.05) is 0 Å². The zero-order valence-corrected chi connectivity index (χ0v) is 25.6. The molecule has 0 nitrogen and oxygen atoms in total. The molecule has 0 bridgehead atoms. The second-order valence-corrected chi connectivity index (χ2v) is 29.5. The Hall–Kier alpha value is 0.0138. The maximum atomic E-state index is 16.4. The van der Waals surface area contributed by atoms with Crippen molar-refractivity contribution in [2.75, 3.05) is 0 Å². The van der Waals surface area contributed by atoms with E-state index in [-0.39, 0.29) is 20.6 Å². The molecule has 0 saturated carbocycles. The lowest BCUT2D eigenvalue weighted by atomic mass is 9.75. The van der Waals surface area contributed by atoms with Gasteiger partial charge in [0.25, 0.3) is 0 Å². The molecule has 2 rings (SSSR count). The maximum absolute atomic E-state index is 16.4. The van der Waals surface area contributed by atoms with Crippen molar-refractivity contribution in [3.8, 4) is 0 Å². The average Bonchev–Trinajstić information content (AvgIpc) is 3.09. The van der Waals surface area contributed by atoms with Gasteiger partial charge in [-0.15, -0.1) is 0 Å². The van der Waals surface area contributed by atoms with Crippen molar-refractivity contribution in [1.82, 2.24) is 0 Å². The maximum Gasteiger partial charge on any atom is 0.239 e. The molecule has 1 aromatic carbocycles. The molecule has 0 aromatic heterocycles. The van der Waals surface area contributed by atoms with Crippen LogP contribution in [-0.2, 0) is 16.2 Å². The number of hydrogen-bond acceptors (Lipinski definition) is 0. The third-order valence-corrected chi connectivity index (χ3v) is 26.5. The van der Waals surface area contributed by atoms with Gasteiger partial charge in [-0.1, -0.05) is 114 Å². The average molecular weight is 468 g/mol. The molecule has 4 heteroatoms. The lowest BCUT2D eigenvalue weighted by molar-refractivity contribution is 0.494. The summed E-state index contributed by atoms with van der Waals surface area (Å²) in [6, 6.07) is 4.90. The summed E-state index contributed by atoms with van der Waals surface area (Å²) < 4.78 is 16.4. The van der Waals surface area contributed by atoms with E-state index in [0.717, 1.165) is 0 Å². The van der Waals surface area contributed by atoms with Gasteiger partial charge in [0.05, 0.1) is 7.92 Å². The van der Waals surface area contributed by atoms with Gasteiger partial charge < -0.3 is 0 Å². The second kappa shape index (κ2) is 7.26. The van der Waals surface area contributed by atoms with E-state index in [2.05, 4.69) is 114 Å². The lowest BCUT2D eigenvalue weighted by Crippen LogP contribution is -2.58. The quantitative estimate of drug-likeness (QED) is 0.310. The monoisotopic (exact) mass is 467 g/mol. The predicted molar refractivity (Wildman–Crippen MR) is 145 cm³/mol. The fourth-order valence-corrected chi connectivity index (χ4v) is 30.3. The molecule has 1 saturated heterocycles. The lowest BCUT2D eigenvalue weighted by Gasteiger charge is -2.36. The van der Waals surface area contributed by atoms with E-state index >= 15 is 4.39 Å². The van der Waals surface area contributed by atoms with Crippen LogP contribution in [0.1, 0.15) is 79.0 Å². The van der Waals surface area contributed by atoms with E-state index in [1.54, 1.807) is 0 Å². The highest BCUT2D eigenvalue weighted by molar-refractivity contribution is 7.82. The fraction of sp³-hybridized carbons (Fsp3) is 0.769. The van der Waals surface area contributed by atoms with Gasteiger partial charge in [0.15, 0.2) is 0 Å². The number of halogens is 1. The van der Waals surface area contributed by atoms with E-state index in [9.17, 15) is 0 Å². The molecule has 1 aliphatic rings. The van der Waals surface area contributed by atoms with Gasteiger partial charge in [-0.3, -0.25) is 0 Å². The van der Waals surface area contributed by atoms with E-state index < -0.39 is 30.0 Å². The zero-order valence-electron chi connectivity index (χ0n) is 22.6. The second-order valence-electron chi connectivity index (χ2n) is 14.8. The zero-order chi connectivity index (χ0) is 23.9. The van der Waals surface area contributed by atoms with Crippen molar-refractivity contribution >= 4 is 29.4 Å². The molecular formula is C26H49FPSi2+. The first-order valence-corrected chi connectivity index (χ1v) is 20.3. The SMILES string of the molecule is CC(C)(C)c1cc(C(C)(C)C)c([PH+]2C(F)C2([Si](C)(C)C)[Si](C)(C)C)c(C(C)(C)C)c1. The Balaban J connectivity index is 2.99. The molecule has 172 valence electrons. The van der Waals surface area contributed by atoms with Gasteiger partial charge in [0, 0.05) is 11.1 Å². The highest BCUT2D eigenvalue weighted by atomic mass is 31.1. The smallest absolute Gasteiger partial charge is 0.198 e. The van der Waals surface area contributed by atoms with Crippen molar-refractivity contribution < 1.29 is 4.39 Å².